The summed E-state index contributed by atoms with van der Waals surface area (Å²) in [5.41, 5.74) is -0.129. The van der Waals surface area contributed by atoms with Crippen LogP contribution in [0.4, 0.5) is 5.69 Å². The predicted molar refractivity (Wildman–Crippen MR) is 109 cm³/mol. The summed E-state index contributed by atoms with van der Waals surface area (Å²) in [6.07, 6.45) is 0. The summed E-state index contributed by atoms with van der Waals surface area (Å²) in [7, 11) is -4.01. The van der Waals surface area contributed by atoms with E-state index in [0.29, 0.717) is 0 Å². The summed E-state index contributed by atoms with van der Waals surface area (Å²) in [5.74, 6) is 0.393. The molecule has 0 fully saturated rings. The zero-order valence-corrected chi connectivity index (χ0v) is 17.3. The van der Waals surface area contributed by atoms with E-state index in [1.807, 2.05) is 13.8 Å². The first-order valence-corrected chi connectivity index (χ1v) is 10.9. The lowest BCUT2D eigenvalue weighted by Gasteiger charge is -2.23. The molecule has 10 heteroatoms. The largest absolute Gasteiger partial charge is 0.513 e. The second kappa shape index (κ2) is 9.73. The number of nitro benzene ring substituents is 1. The van der Waals surface area contributed by atoms with Crippen molar-refractivity contribution in [3.8, 4) is 11.5 Å². The van der Waals surface area contributed by atoms with Crippen LogP contribution in [0.25, 0.3) is 0 Å². The van der Waals surface area contributed by atoms with Crippen LogP contribution in [-0.2, 0) is 9.36 Å². The van der Waals surface area contributed by atoms with Crippen molar-refractivity contribution in [1.29, 1.82) is 0 Å². The summed E-state index contributed by atoms with van der Waals surface area (Å²) in [6, 6.07) is 12.7. The summed E-state index contributed by atoms with van der Waals surface area (Å²) in [5, 5.41) is 13.3. The molecule has 2 aromatic rings. The second-order valence-corrected chi connectivity index (χ2v) is 9.28. The van der Waals surface area contributed by atoms with E-state index in [1.54, 1.807) is 37.3 Å². The molecule has 2 atom stereocenters. The number of nitrogens with zero attached hydrogens (tertiary/aromatic N) is 1. The third-order valence-corrected chi connectivity index (χ3v) is 5.96. The van der Waals surface area contributed by atoms with Crippen LogP contribution >= 0.6 is 19.5 Å². The first-order valence-electron chi connectivity index (χ1n) is 8.45. The molecule has 0 saturated carbocycles. The summed E-state index contributed by atoms with van der Waals surface area (Å²) in [4.78, 5) is 22.5. The highest BCUT2D eigenvalue weighted by Gasteiger charge is 2.33. The Bertz CT molecular complexity index is 860. The minimum atomic E-state index is -4.01. The molecular formula is C18H21N2O6PS. The molecule has 150 valence electrons. The molecular weight excluding hydrogens is 403 g/mol. The van der Waals surface area contributed by atoms with Crippen LogP contribution in [0.5, 0.6) is 11.5 Å². The van der Waals surface area contributed by atoms with E-state index in [0.717, 1.165) is 11.8 Å². The van der Waals surface area contributed by atoms with Gasteiger partial charge in [0.2, 0.25) is 5.12 Å². The molecule has 0 radical (unpaired) electrons. The first kappa shape index (κ1) is 21.9. The molecule has 0 aliphatic carbocycles. The second-order valence-electron chi connectivity index (χ2n) is 6.08. The maximum atomic E-state index is 13.3. The molecule has 1 unspecified atom stereocenters. The zero-order valence-electron chi connectivity index (χ0n) is 15.6. The molecule has 28 heavy (non-hydrogen) atoms. The Morgan fingerprint density at radius 1 is 1.04 bits per heavy atom. The lowest BCUT2D eigenvalue weighted by Crippen LogP contribution is -2.33. The molecule has 0 heterocycles. The molecule has 0 aliphatic heterocycles. The molecule has 0 aliphatic rings. The van der Waals surface area contributed by atoms with Gasteiger partial charge in [-0.3, -0.25) is 14.9 Å². The minimum absolute atomic E-state index is 0.0711. The minimum Gasteiger partial charge on any atom is -0.405 e. The van der Waals surface area contributed by atoms with Crippen LogP contribution in [0.15, 0.2) is 54.6 Å². The molecule has 0 spiro atoms. The van der Waals surface area contributed by atoms with Crippen LogP contribution in [0, 0.1) is 10.1 Å². The summed E-state index contributed by atoms with van der Waals surface area (Å²) < 4.78 is 24.4. The fraction of sp³-hybridized carbons (Fsp3) is 0.278. The lowest BCUT2D eigenvalue weighted by molar-refractivity contribution is -0.384. The molecule has 8 nitrogen and oxygen atoms in total. The van der Waals surface area contributed by atoms with Gasteiger partial charge >= 0.3 is 7.75 Å². The molecule has 2 aromatic carbocycles. The number of nitro groups is 1. The van der Waals surface area contributed by atoms with E-state index in [4.69, 9.17) is 9.05 Å². The van der Waals surface area contributed by atoms with Gasteiger partial charge in [-0.2, -0.15) is 5.09 Å². The number of hydrogen-bond donors (Lipinski definition) is 1. The summed E-state index contributed by atoms with van der Waals surface area (Å²) >= 11 is 1.11. The van der Waals surface area contributed by atoms with Gasteiger partial charge < -0.3 is 9.05 Å². The predicted octanol–water partition coefficient (Wildman–Crippen LogP) is 4.81. The average molecular weight is 424 g/mol. The van der Waals surface area contributed by atoms with Gasteiger partial charge in [0.25, 0.3) is 5.69 Å². The SMILES string of the molecule is CC(C)SC(=O)[C@H](C)NP(=O)(Oc1ccccc1)Oc1ccc([N+](=O)[O-])cc1. The molecule has 0 aromatic heterocycles. The highest BCUT2D eigenvalue weighted by molar-refractivity contribution is 8.14. The Morgan fingerprint density at radius 3 is 2.07 bits per heavy atom. The number of carbonyl (C=O) groups is 1. The topological polar surface area (TPSA) is 108 Å². The Balaban J connectivity index is 2.23. The van der Waals surface area contributed by atoms with E-state index < -0.39 is 18.7 Å². The van der Waals surface area contributed by atoms with Gasteiger partial charge in [0.1, 0.15) is 11.5 Å². The molecule has 2 rings (SSSR count). The number of nitrogens with one attached hydrogen (secondary N) is 1. The maximum Gasteiger partial charge on any atom is 0.513 e. The van der Waals surface area contributed by atoms with Gasteiger partial charge in [0, 0.05) is 17.4 Å². The Kier molecular flexibility index (Phi) is 7.62. The quantitative estimate of drug-likeness (QED) is 0.347. The van der Waals surface area contributed by atoms with Crippen molar-refractivity contribution in [2.24, 2.45) is 0 Å². The monoisotopic (exact) mass is 424 g/mol. The van der Waals surface area contributed by atoms with Crippen molar-refractivity contribution in [1.82, 2.24) is 5.09 Å². The number of rotatable bonds is 9. The number of benzene rings is 2. The molecule has 0 saturated heterocycles. The maximum absolute atomic E-state index is 13.3. The van der Waals surface area contributed by atoms with E-state index in [1.165, 1.54) is 24.3 Å². The standard InChI is InChI=1S/C18H21N2O6PS/c1-13(2)28-18(21)14(3)19-27(24,25-16-7-5-4-6-8-16)26-17-11-9-15(10-12-17)20(22)23/h4-14H,1-3H3,(H,19,24)/t14-,27?/m0/s1. The van der Waals surface area contributed by atoms with Crippen molar-refractivity contribution in [3.05, 3.63) is 64.7 Å². The van der Waals surface area contributed by atoms with Crippen molar-refractivity contribution < 1.29 is 23.3 Å². The van der Waals surface area contributed by atoms with Gasteiger partial charge in [0.15, 0.2) is 0 Å². The fourth-order valence-electron chi connectivity index (χ4n) is 2.08. The van der Waals surface area contributed by atoms with E-state index in [2.05, 4.69) is 5.09 Å². The summed E-state index contributed by atoms with van der Waals surface area (Å²) in [6.45, 7) is 5.32. The third-order valence-electron chi connectivity index (χ3n) is 3.30. The van der Waals surface area contributed by atoms with Crippen LogP contribution in [0.2, 0.25) is 0 Å². The molecule has 0 bridgehead atoms. The van der Waals surface area contributed by atoms with E-state index in [-0.39, 0.29) is 27.6 Å². The van der Waals surface area contributed by atoms with Gasteiger partial charge in [0.05, 0.1) is 11.0 Å². The third kappa shape index (κ3) is 6.67. The Morgan fingerprint density at radius 2 is 1.57 bits per heavy atom. The number of carbonyl (C=O) groups excluding carboxylic acids is 1. The Hall–Kier alpha value is -2.35. The smallest absolute Gasteiger partial charge is 0.405 e. The highest BCUT2D eigenvalue weighted by Crippen LogP contribution is 2.45. The van der Waals surface area contributed by atoms with Crippen LogP contribution < -0.4 is 14.1 Å². The number of para-hydroxylation sites is 1. The fourth-order valence-corrected chi connectivity index (χ4v) is 4.43. The van der Waals surface area contributed by atoms with Gasteiger partial charge in [-0.1, -0.05) is 43.8 Å². The van der Waals surface area contributed by atoms with Crippen molar-refractivity contribution in [2.75, 3.05) is 0 Å². The van der Waals surface area contributed by atoms with Crippen LogP contribution in [0.3, 0.4) is 0 Å². The zero-order chi connectivity index (χ0) is 20.7. The number of non-ortho nitro benzene ring substituents is 1. The molecule has 1 N–H and O–H groups in total. The average Bonchev–Trinajstić information content (AvgIpc) is 2.62. The number of hydrogen-bond acceptors (Lipinski definition) is 7. The Labute approximate surface area is 167 Å². The van der Waals surface area contributed by atoms with Crippen molar-refractivity contribution in [3.63, 3.8) is 0 Å². The van der Waals surface area contributed by atoms with Crippen LogP contribution in [0.1, 0.15) is 20.8 Å². The van der Waals surface area contributed by atoms with Crippen LogP contribution in [-0.4, -0.2) is 21.3 Å². The normalized spacial score (nSPS) is 14.1. The van der Waals surface area contributed by atoms with Gasteiger partial charge in [-0.15, -0.1) is 0 Å². The highest BCUT2D eigenvalue weighted by atomic mass is 32.2. The van der Waals surface area contributed by atoms with Crippen molar-refractivity contribution in [2.45, 2.75) is 32.1 Å². The van der Waals surface area contributed by atoms with Gasteiger partial charge in [-0.05, 0) is 31.2 Å². The van der Waals surface area contributed by atoms with E-state index in [9.17, 15) is 19.5 Å². The lowest BCUT2D eigenvalue weighted by atomic mass is 10.3. The molecule has 0 amide bonds. The first-order chi connectivity index (χ1) is 13.2. The number of thioether (sulfide) groups is 1. The van der Waals surface area contributed by atoms with E-state index >= 15 is 0 Å². The van der Waals surface area contributed by atoms with Crippen molar-refractivity contribution >= 4 is 30.3 Å². The van der Waals surface area contributed by atoms with Gasteiger partial charge in [-0.25, -0.2) is 4.57 Å².